The first kappa shape index (κ1) is 16.2. The van der Waals surface area contributed by atoms with E-state index in [0.717, 1.165) is 12.1 Å². The molecule has 2 N–H and O–H groups in total. The molecule has 1 aromatic heterocycles. The van der Waals surface area contributed by atoms with Gasteiger partial charge in [0.05, 0.1) is 5.69 Å². The van der Waals surface area contributed by atoms with E-state index in [4.69, 9.17) is 5.11 Å². The van der Waals surface area contributed by atoms with Crippen LogP contribution in [0.3, 0.4) is 0 Å². The molecule has 0 bridgehead atoms. The fourth-order valence-corrected chi connectivity index (χ4v) is 1.87. The minimum Gasteiger partial charge on any atom is -0.465 e. The molecule has 0 saturated heterocycles. The van der Waals surface area contributed by atoms with E-state index in [0.29, 0.717) is 5.69 Å². The molecule has 0 atom stereocenters. The second-order valence-electron chi connectivity index (χ2n) is 4.56. The molecule has 5 nitrogen and oxygen atoms in total. The number of halogens is 1. The number of nitrogens with zero attached hydrogens (tertiary/aromatic N) is 1. The molecule has 1 amide bonds. The Morgan fingerprint density at radius 1 is 1.26 bits per heavy atom. The molecule has 1 heterocycles. The lowest BCUT2D eigenvalue weighted by Crippen LogP contribution is -2.12. The van der Waals surface area contributed by atoms with Crippen molar-refractivity contribution in [1.29, 1.82) is 0 Å². The van der Waals surface area contributed by atoms with Crippen molar-refractivity contribution in [2.24, 2.45) is 0 Å². The van der Waals surface area contributed by atoms with E-state index in [1.807, 2.05) is 0 Å². The molecule has 0 radical (unpaired) electrons. The van der Waals surface area contributed by atoms with Crippen LogP contribution in [0.4, 0.5) is 14.9 Å². The van der Waals surface area contributed by atoms with E-state index < -0.39 is 11.9 Å². The first-order valence-corrected chi connectivity index (χ1v) is 6.79. The van der Waals surface area contributed by atoms with Crippen molar-refractivity contribution in [3.05, 3.63) is 59.7 Å². The molecular formula is C17H13FN2O3. The van der Waals surface area contributed by atoms with E-state index in [1.165, 1.54) is 6.07 Å². The van der Waals surface area contributed by atoms with Gasteiger partial charge in [-0.3, -0.25) is 10.1 Å². The van der Waals surface area contributed by atoms with Gasteiger partial charge in [0.1, 0.15) is 11.5 Å². The Labute approximate surface area is 132 Å². The molecule has 0 aliphatic carbocycles. The van der Waals surface area contributed by atoms with Gasteiger partial charge < -0.3 is 5.11 Å². The van der Waals surface area contributed by atoms with Crippen LogP contribution in [0.15, 0.2) is 42.6 Å². The molecule has 0 unspecified atom stereocenters. The Kier molecular flexibility index (Phi) is 5.42. The van der Waals surface area contributed by atoms with Crippen molar-refractivity contribution < 1.29 is 19.1 Å². The number of carbonyl (C=O) groups is 2. The maximum absolute atomic E-state index is 13.3. The van der Waals surface area contributed by atoms with E-state index in [2.05, 4.69) is 22.1 Å². The minimum atomic E-state index is -1.32. The van der Waals surface area contributed by atoms with Gasteiger partial charge in [-0.25, -0.2) is 14.2 Å². The fraction of sp³-hybridized carbons (Fsp3) is 0.118. The van der Waals surface area contributed by atoms with Crippen molar-refractivity contribution in [3.8, 4) is 11.8 Å². The number of hydrogen-bond donors (Lipinski definition) is 2. The van der Waals surface area contributed by atoms with Gasteiger partial charge in [0, 0.05) is 24.6 Å². The third-order valence-corrected chi connectivity index (χ3v) is 2.88. The maximum atomic E-state index is 13.3. The van der Waals surface area contributed by atoms with E-state index in [-0.39, 0.29) is 29.9 Å². The van der Waals surface area contributed by atoms with E-state index in [9.17, 15) is 14.0 Å². The predicted octanol–water partition coefficient (Wildman–Crippen LogP) is 3.33. The molecule has 23 heavy (non-hydrogen) atoms. The topological polar surface area (TPSA) is 79.3 Å². The van der Waals surface area contributed by atoms with Crippen molar-refractivity contribution in [1.82, 2.24) is 4.98 Å². The monoisotopic (exact) mass is 312 g/mol. The number of carboxylic acid groups (broad SMARTS) is 1. The number of nitrogens with one attached hydrogen (secondary N) is 1. The minimum absolute atomic E-state index is 0.00737. The molecule has 0 spiro atoms. The highest BCUT2D eigenvalue weighted by molar-refractivity contribution is 6.03. The molecule has 1 aromatic carbocycles. The summed E-state index contributed by atoms with van der Waals surface area (Å²) in [5.41, 5.74) is 0.646. The molecule has 2 rings (SSSR count). The van der Waals surface area contributed by atoms with Crippen LogP contribution in [-0.4, -0.2) is 22.0 Å². The number of hydrogen-bond acceptors (Lipinski definition) is 3. The summed E-state index contributed by atoms with van der Waals surface area (Å²) in [7, 11) is 0. The number of Topliss-reactive ketones (excluding diaryl/α,β-unsaturated/α-hetero) is 1. The van der Waals surface area contributed by atoms with Crippen molar-refractivity contribution >= 4 is 17.6 Å². The van der Waals surface area contributed by atoms with Crippen LogP contribution >= 0.6 is 0 Å². The van der Waals surface area contributed by atoms with Gasteiger partial charge in [-0.1, -0.05) is 12.0 Å². The lowest BCUT2D eigenvalue weighted by Gasteiger charge is -2.07. The summed E-state index contributed by atoms with van der Waals surface area (Å²) < 4.78 is 13.3. The van der Waals surface area contributed by atoms with Crippen molar-refractivity contribution in [2.45, 2.75) is 12.8 Å². The Bertz CT molecular complexity index is 779. The zero-order valence-electron chi connectivity index (χ0n) is 12.0. The molecule has 0 aliphatic heterocycles. The third kappa shape index (κ3) is 4.93. The molecular weight excluding hydrogens is 299 g/mol. The highest BCUT2D eigenvalue weighted by atomic mass is 19.1. The van der Waals surface area contributed by atoms with Crippen LogP contribution in [0.2, 0.25) is 0 Å². The Balaban J connectivity index is 2.05. The average molecular weight is 312 g/mol. The van der Waals surface area contributed by atoms with Crippen LogP contribution in [0.25, 0.3) is 0 Å². The number of rotatable bonds is 4. The van der Waals surface area contributed by atoms with Crippen LogP contribution < -0.4 is 5.32 Å². The first-order chi connectivity index (χ1) is 11.1. The number of carbonyl (C=O) groups excluding carboxylic acids is 1. The zero-order chi connectivity index (χ0) is 16.7. The molecule has 6 heteroatoms. The van der Waals surface area contributed by atoms with Crippen LogP contribution in [-0.2, 0) is 0 Å². The zero-order valence-corrected chi connectivity index (χ0v) is 12.0. The van der Waals surface area contributed by atoms with Gasteiger partial charge >= 0.3 is 6.09 Å². The number of pyridine rings is 1. The molecule has 116 valence electrons. The van der Waals surface area contributed by atoms with Crippen LogP contribution in [0.5, 0.6) is 0 Å². The first-order valence-electron chi connectivity index (χ1n) is 6.79. The summed E-state index contributed by atoms with van der Waals surface area (Å²) in [5, 5.41) is 10.8. The number of aromatic nitrogens is 1. The highest BCUT2D eigenvalue weighted by Gasteiger charge is 2.13. The van der Waals surface area contributed by atoms with E-state index >= 15 is 0 Å². The summed E-state index contributed by atoms with van der Waals surface area (Å²) >= 11 is 0. The van der Waals surface area contributed by atoms with Gasteiger partial charge in [-0.05, 0) is 36.3 Å². The van der Waals surface area contributed by atoms with E-state index in [1.54, 1.807) is 24.4 Å². The molecule has 0 aliphatic rings. The predicted molar refractivity (Wildman–Crippen MR) is 82.7 cm³/mol. The molecule has 0 saturated carbocycles. The van der Waals surface area contributed by atoms with Gasteiger partial charge in [-0.2, -0.15) is 0 Å². The number of amides is 1. The lowest BCUT2D eigenvalue weighted by atomic mass is 10.0. The van der Waals surface area contributed by atoms with Crippen molar-refractivity contribution in [2.75, 3.05) is 5.32 Å². The standard InChI is InChI=1S/C17H13FN2O3/c18-12-8-9-15(20-17(22)23)14(11-12)16(21)7-2-1-5-13-6-3-4-10-19-13/h3-4,6,8-11,20H,2,7H2,(H,22,23). The Morgan fingerprint density at radius 2 is 2.09 bits per heavy atom. The average Bonchev–Trinajstić information content (AvgIpc) is 2.53. The maximum Gasteiger partial charge on any atom is 0.409 e. The van der Waals surface area contributed by atoms with Crippen LogP contribution in [0.1, 0.15) is 28.9 Å². The number of benzene rings is 1. The lowest BCUT2D eigenvalue weighted by molar-refractivity contribution is 0.0984. The van der Waals surface area contributed by atoms with Gasteiger partial charge in [-0.15, -0.1) is 0 Å². The molecule has 0 fully saturated rings. The SMILES string of the molecule is O=C(O)Nc1ccc(F)cc1C(=O)CCC#Cc1ccccn1. The Hall–Kier alpha value is -3.20. The summed E-state index contributed by atoms with van der Waals surface area (Å²) in [4.78, 5) is 26.9. The molecule has 2 aromatic rings. The quantitative estimate of drug-likeness (QED) is 0.670. The number of anilines is 1. The highest BCUT2D eigenvalue weighted by Crippen LogP contribution is 2.19. The summed E-state index contributed by atoms with van der Waals surface area (Å²) in [6.07, 6.45) is 0.613. The second-order valence-corrected chi connectivity index (χ2v) is 4.56. The summed E-state index contributed by atoms with van der Waals surface area (Å²) in [5.74, 6) is 4.63. The third-order valence-electron chi connectivity index (χ3n) is 2.88. The van der Waals surface area contributed by atoms with Crippen LogP contribution in [0, 0.1) is 17.7 Å². The number of ketones is 1. The fourth-order valence-electron chi connectivity index (χ4n) is 1.87. The Morgan fingerprint density at radius 3 is 2.78 bits per heavy atom. The van der Waals surface area contributed by atoms with Gasteiger partial charge in [0.2, 0.25) is 0 Å². The summed E-state index contributed by atoms with van der Waals surface area (Å²) in [6, 6.07) is 8.64. The van der Waals surface area contributed by atoms with Gasteiger partial charge in [0.25, 0.3) is 0 Å². The second kappa shape index (κ2) is 7.71. The summed E-state index contributed by atoms with van der Waals surface area (Å²) in [6.45, 7) is 0. The normalized spacial score (nSPS) is 9.61. The smallest absolute Gasteiger partial charge is 0.409 e. The van der Waals surface area contributed by atoms with Crippen molar-refractivity contribution in [3.63, 3.8) is 0 Å². The largest absolute Gasteiger partial charge is 0.465 e. The van der Waals surface area contributed by atoms with Gasteiger partial charge in [0.15, 0.2) is 5.78 Å².